The predicted molar refractivity (Wildman–Crippen MR) is 267 cm³/mol. The van der Waals surface area contributed by atoms with Crippen LogP contribution in [0.5, 0.6) is 0 Å². The molecule has 63 heavy (non-hydrogen) atoms. The van der Waals surface area contributed by atoms with E-state index in [1.54, 1.807) is 0 Å². The van der Waals surface area contributed by atoms with Crippen LogP contribution in [-0.4, -0.2) is 0 Å². The third-order valence-corrected chi connectivity index (χ3v) is 14.6. The Balaban J connectivity index is 1.04. The lowest BCUT2D eigenvalue weighted by molar-refractivity contribution is 0.660. The second kappa shape index (κ2) is 14.2. The van der Waals surface area contributed by atoms with E-state index in [0.29, 0.717) is 0 Å². The minimum atomic E-state index is -0.0994. The lowest BCUT2D eigenvalue weighted by Gasteiger charge is -2.29. The van der Waals surface area contributed by atoms with E-state index in [4.69, 9.17) is 0 Å². The predicted octanol–water partition coefficient (Wildman–Crippen LogP) is 16.7. The molecule has 3 aliphatic carbocycles. The van der Waals surface area contributed by atoms with E-state index in [2.05, 4.69) is 239 Å². The van der Waals surface area contributed by atoms with E-state index >= 15 is 0 Å². The van der Waals surface area contributed by atoms with E-state index in [-0.39, 0.29) is 16.7 Å². The lowest BCUT2D eigenvalue weighted by atomic mass is 9.79. The van der Waals surface area contributed by atoms with Gasteiger partial charge in [-0.25, -0.2) is 0 Å². The summed E-state index contributed by atoms with van der Waals surface area (Å²) in [6.07, 6.45) is 8.09. The minimum absolute atomic E-state index is 0.0915. The van der Waals surface area contributed by atoms with Crippen LogP contribution >= 0.6 is 0 Å². The summed E-state index contributed by atoms with van der Waals surface area (Å²) in [6.45, 7) is 9.55. The van der Waals surface area contributed by atoms with Crippen LogP contribution < -0.4 is 4.90 Å². The molecule has 0 fully saturated rings. The molecule has 0 bridgehead atoms. The highest BCUT2D eigenvalue weighted by Gasteiger charge is 2.37. The van der Waals surface area contributed by atoms with Gasteiger partial charge in [0.05, 0.1) is 0 Å². The fourth-order valence-corrected chi connectivity index (χ4v) is 11.4. The number of para-hydroxylation sites is 2. The molecule has 0 N–H and O–H groups in total. The first kappa shape index (κ1) is 37.5. The SMILES string of the molecule is CC1(C)c2ccccc2-c2ccc(-c3c4ccccc4c(-c4ccc5c(c4)C(C)(C)c4ccccc4-5)c4cc(C5C=CC(N(c6ccccc6)c6ccccc6)=CC5)ccc34)cc21. The topological polar surface area (TPSA) is 3.24 Å². The maximum atomic E-state index is 2.53. The van der Waals surface area contributed by atoms with Gasteiger partial charge in [0.2, 0.25) is 0 Å². The molecule has 302 valence electrons. The van der Waals surface area contributed by atoms with Crippen molar-refractivity contribution in [3.05, 3.63) is 240 Å². The molecule has 1 heteroatoms. The molecular weight excluding hydrogens is 759 g/mol. The Hall–Kier alpha value is -7.22. The van der Waals surface area contributed by atoms with Crippen molar-refractivity contribution in [2.45, 2.75) is 50.9 Å². The van der Waals surface area contributed by atoms with Gasteiger partial charge in [0, 0.05) is 33.8 Å². The van der Waals surface area contributed by atoms with Crippen molar-refractivity contribution >= 4 is 32.9 Å². The Bertz CT molecular complexity index is 3320. The van der Waals surface area contributed by atoms with Gasteiger partial charge in [-0.15, -0.1) is 0 Å². The number of rotatable bonds is 6. The van der Waals surface area contributed by atoms with Gasteiger partial charge in [-0.05, 0) is 149 Å². The largest absolute Gasteiger partial charge is 0.311 e. The Kier molecular flexibility index (Phi) is 8.44. The highest BCUT2D eigenvalue weighted by atomic mass is 15.1. The van der Waals surface area contributed by atoms with Gasteiger partial charge in [-0.2, -0.15) is 0 Å². The molecule has 0 saturated carbocycles. The van der Waals surface area contributed by atoms with Crippen molar-refractivity contribution in [3.63, 3.8) is 0 Å². The van der Waals surface area contributed by atoms with E-state index in [1.807, 2.05) is 0 Å². The second-order valence-corrected chi connectivity index (χ2v) is 18.8. The standard InChI is InChI=1S/C62H49N/c1-61(2)55-25-15-13-21-47(55)49-34-30-42(38-57(49)61)59-51-23-11-12-24-52(51)60(43-31-35-50-48-22-14-16-26-56(48)62(3,4)58(50)39-43)54-37-41(29-36-53(54)59)40-27-32-46(33-28-40)63(44-17-7-5-8-18-44)45-19-9-6-10-20-45/h5-27,29-40H,28H2,1-4H3. The zero-order valence-electron chi connectivity index (χ0n) is 36.4. The Labute approximate surface area is 371 Å². The first-order valence-corrected chi connectivity index (χ1v) is 22.5. The smallest absolute Gasteiger partial charge is 0.0461 e. The average Bonchev–Trinajstić information content (AvgIpc) is 3.70. The number of nitrogens with zero attached hydrogens (tertiary/aromatic N) is 1. The van der Waals surface area contributed by atoms with E-state index < -0.39 is 0 Å². The Morgan fingerprint density at radius 3 is 1.40 bits per heavy atom. The normalized spacial score (nSPS) is 16.3. The fourth-order valence-electron chi connectivity index (χ4n) is 11.4. The van der Waals surface area contributed by atoms with Gasteiger partial charge < -0.3 is 4.90 Å². The minimum Gasteiger partial charge on any atom is -0.311 e. The quantitative estimate of drug-likeness (QED) is 0.151. The number of benzene rings is 9. The maximum absolute atomic E-state index is 2.53. The molecule has 12 rings (SSSR count). The molecule has 0 amide bonds. The summed E-state index contributed by atoms with van der Waals surface area (Å²) in [5.41, 5.74) is 20.8. The number of fused-ring (bicyclic) bond motifs is 8. The summed E-state index contributed by atoms with van der Waals surface area (Å²) in [5.74, 6) is 0.238. The first-order valence-electron chi connectivity index (χ1n) is 22.5. The van der Waals surface area contributed by atoms with E-state index in [1.165, 1.54) is 99.6 Å². The summed E-state index contributed by atoms with van der Waals surface area (Å²) < 4.78 is 0. The molecule has 1 nitrogen and oxygen atoms in total. The third kappa shape index (κ3) is 5.76. The Morgan fingerprint density at radius 2 is 0.873 bits per heavy atom. The summed E-state index contributed by atoms with van der Waals surface area (Å²) in [6, 6.07) is 70.4. The Morgan fingerprint density at radius 1 is 0.413 bits per heavy atom. The maximum Gasteiger partial charge on any atom is 0.0461 e. The van der Waals surface area contributed by atoms with Gasteiger partial charge in [-0.1, -0.05) is 185 Å². The number of allylic oxidation sites excluding steroid dienone is 3. The van der Waals surface area contributed by atoms with Crippen LogP contribution in [0.15, 0.2) is 212 Å². The zero-order chi connectivity index (χ0) is 42.5. The highest BCUT2D eigenvalue weighted by Crippen LogP contribution is 2.54. The zero-order valence-corrected chi connectivity index (χ0v) is 36.4. The molecule has 0 heterocycles. The van der Waals surface area contributed by atoms with E-state index in [0.717, 1.165) is 17.8 Å². The number of hydrogen-bond acceptors (Lipinski definition) is 1. The summed E-state index contributed by atoms with van der Waals surface area (Å²) in [7, 11) is 0. The third-order valence-electron chi connectivity index (χ3n) is 14.6. The molecule has 0 aliphatic heterocycles. The summed E-state index contributed by atoms with van der Waals surface area (Å²) in [4.78, 5) is 2.37. The van der Waals surface area contributed by atoms with Crippen LogP contribution in [0.1, 0.15) is 67.9 Å². The number of hydrogen-bond donors (Lipinski definition) is 0. The van der Waals surface area contributed by atoms with Crippen LogP contribution in [-0.2, 0) is 10.8 Å². The molecular formula is C62H49N. The summed E-state index contributed by atoms with van der Waals surface area (Å²) >= 11 is 0. The monoisotopic (exact) mass is 807 g/mol. The molecule has 0 radical (unpaired) electrons. The van der Waals surface area contributed by atoms with Crippen LogP contribution in [0.3, 0.4) is 0 Å². The molecule has 9 aromatic carbocycles. The molecule has 0 saturated heterocycles. The average molecular weight is 808 g/mol. The molecule has 3 aliphatic rings. The van der Waals surface area contributed by atoms with Gasteiger partial charge in [0.15, 0.2) is 0 Å². The van der Waals surface area contributed by atoms with Crippen molar-refractivity contribution < 1.29 is 0 Å². The highest BCUT2D eigenvalue weighted by molar-refractivity contribution is 6.21. The fraction of sp³-hybridized carbons (Fsp3) is 0.129. The van der Waals surface area contributed by atoms with Crippen molar-refractivity contribution in [3.8, 4) is 44.5 Å². The molecule has 0 aromatic heterocycles. The van der Waals surface area contributed by atoms with Crippen molar-refractivity contribution in [1.29, 1.82) is 0 Å². The van der Waals surface area contributed by atoms with Gasteiger partial charge >= 0.3 is 0 Å². The van der Waals surface area contributed by atoms with Crippen LogP contribution in [0.2, 0.25) is 0 Å². The van der Waals surface area contributed by atoms with Gasteiger partial charge in [0.25, 0.3) is 0 Å². The van der Waals surface area contributed by atoms with Crippen molar-refractivity contribution in [1.82, 2.24) is 0 Å². The van der Waals surface area contributed by atoms with Crippen LogP contribution in [0.4, 0.5) is 11.4 Å². The van der Waals surface area contributed by atoms with Crippen LogP contribution in [0.25, 0.3) is 66.1 Å². The van der Waals surface area contributed by atoms with Crippen molar-refractivity contribution in [2.75, 3.05) is 4.90 Å². The molecule has 0 spiro atoms. The molecule has 9 aromatic rings. The van der Waals surface area contributed by atoms with Gasteiger partial charge in [0.1, 0.15) is 0 Å². The first-order chi connectivity index (χ1) is 30.8. The van der Waals surface area contributed by atoms with Crippen molar-refractivity contribution in [2.24, 2.45) is 0 Å². The molecule has 1 unspecified atom stereocenters. The van der Waals surface area contributed by atoms with Gasteiger partial charge in [-0.3, -0.25) is 0 Å². The summed E-state index contributed by atoms with van der Waals surface area (Å²) in [5, 5.41) is 5.17. The number of anilines is 2. The molecule has 1 atom stereocenters. The second-order valence-electron chi connectivity index (χ2n) is 18.8. The lowest BCUT2D eigenvalue weighted by Crippen LogP contribution is -2.17. The van der Waals surface area contributed by atoms with E-state index in [9.17, 15) is 0 Å². The van der Waals surface area contributed by atoms with Crippen LogP contribution in [0, 0.1) is 0 Å².